The molecule has 0 bridgehead atoms. The van der Waals surface area contributed by atoms with E-state index >= 15 is 0 Å². The van der Waals surface area contributed by atoms with Crippen LogP contribution in [0.3, 0.4) is 0 Å². The quantitative estimate of drug-likeness (QED) is 0.193. The molecule has 274 valence electrons. The first-order valence-corrected chi connectivity index (χ1v) is 22.6. The van der Waals surface area contributed by atoms with Gasteiger partial charge in [-0.05, 0) is 42.6 Å². The van der Waals surface area contributed by atoms with Crippen molar-refractivity contribution in [1.29, 1.82) is 0 Å². The number of hydrogen-bond acceptors (Lipinski definition) is 2. The molecule has 0 atom stereocenters. The monoisotopic (exact) mass is 729 g/mol. The molecule has 0 saturated carbocycles. The molecule has 0 aromatic rings. The maximum atomic E-state index is 11.2. The van der Waals surface area contributed by atoms with E-state index in [9.17, 15) is 9.59 Å². The summed E-state index contributed by atoms with van der Waals surface area (Å²) < 4.78 is 31.4. The molecule has 0 saturated heterocycles. The normalized spacial score (nSPS) is 16.9. The van der Waals surface area contributed by atoms with Gasteiger partial charge in [-0.15, -0.1) is 0 Å². The molecule has 0 rings (SSSR count). The van der Waals surface area contributed by atoms with Gasteiger partial charge in [0.1, 0.15) is 0 Å². The smallest absolute Gasteiger partial charge is 0.678 e. The van der Waals surface area contributed by atoms with Gasteiger partial charge in [0.2, 0.25) is 16.6 Å². The molecule has 0 amide bonds. The molecule has 0 aliphatic carbocycles. The summed E-state index contributed by atoms with van der Waals surface area (Å²) in [5.74, 6) is 0. The summed E-state index contributed by atoms with van der Waals surface area (Å²) in [4.78, 5) is 22.3. The predicted molar refractivity (Wildman–Crippen MR) is 214 cm³/mol. The Bertz CT molecular complexity index is 766. The molecule has 0 aromatic heterocycles. The molecule has 3 nitrogen and oxygen atoms in total. The SMILES string of the molecule is CC(C)(C)[Si](O)(C(C)(C)C)C(C)(C)C.CC(C)(C)[Si](O)(C(C)(C)C)C(C)(C)C.CC(C)(C)[Si]([NH-])(C(C)(C)C)C(C)(C)C.[2H][C-]([2H])C([2H])([2H])[2H].[Ti+2]. The van der Waals surface area contributed by atoms with E-state index in [1.165, 1.54) is 0 Å². The Hall–Kier alpha value is 1.24. The molecule has 0 unspecified atom stereocenters. The summed E-state index contributed by atoms with van der Waals surface area (Å²) in [6.45, 7) is 55.8. The van der Waals surface area contributed by atoms with Gasteiger partial charge in [0.15, 0.2) is 0 Å². The van der Waals surface area contributed by atoms with Gasteiger partial charge >= 0.3 is 21.7 Å². The summed E-state index contributed by atoms with van der Waals surface area (Å²) in [6, 6.07) is 0. The van der Waals surface area contributed by atoms with Gasteiger partial charge in [-0.1, -0.05) is 202 Å². The molecule has 0 radical (unpaired) electrons. The van der Waals surface area contributed by atoms with Crippen LogP contribution in [0.5, 0.6) is 0 Å². The van der Waals surface area contributed by atoms with Crippen LogP contribution in [0.1, 0.15) is 201 Å². The fourth-order valence-electron chi connectivity index (χ4n) is 10.1. The van der Waals surface area contributed by atoms with E-state index in [0.717, 1.165) is 0 Å². The Kier molecular flexibility index (Phi) is 16.2. The van der Waals surface area contributed by atoms with Gasteiger partial charge < -0.3 is 21.9 Å². The van der Waals surface area contributed by atoms with Crippen molar-refractivity contribution in [1.82, 2.24) is 0 Å². The number of rotatable bonds is 0. The van der Waals surface area contributed by atoms with Crippen molar-refractivity contribution in [3.63, 3.8) is 0 Å². The third-order valence-corrected chi connectivity index (χ3v) is 29.7. The average Bonchev–Trinajstić information content (AvgIpc) is 2.71. The van der Waals surface area contributed by atoms with Crippen LogP contribution < -0.4 is 0 Å². The van der Waals surface area contributed by atoms with Crippen LogP contribution in [0.2, 0.25) is 45.3 Å². The largest absolute Gasteiger partial charge is 2.00 e. The van der Waals surface area contributed by atoms with E-state index < -0.39 is 38.6 Å². The van der Waals surface area contributed by atoms with Crippen LogP contribution >= 0.6 is 0 Å². The average molecular weight is 729 g/mol. The molecule has 0 heterocycles. The molecule has 3 N–H and O–H groups in total. The van der Waals surface area contributed by atoms with E-state index in [2.05, 4.69) is 187 Å². The minimum atomic E-state index is -2.50. The van der Waals surface area contributed by atoms with Crippen molar-refractivity contribution < 1.29 is 38.2 Å². The maximum Gasteiger partial charge on any atom is 2.00 e. The second-order valence-corrected chi connectivity index (χ2v) is 40.3. The van der Waals surface area contributed by atoms with Gasteiger partial charge in [0, 0.05) is 0 Å². The summed E-state index contributed by atoms with van der Waals surface area (Å²) in [5.41, 5.74) is 0. The number of nitrogens with one attached hydrogen (secondary N) is 1. The first-order valence-electron chi connectivity index (χ1n) is 19.2. The second kappa shape index (κ2) is 16.5. The standard InChI is InChI=1S/C12H28NSi.2C12H28OSi.C2H5.Ti/c3*1-10(2,3)14(13,11(4,5)6)12(7,8)9;1-2;/h3*13H,1-9H3;1H2,2H3;/q-1;;;-1;+2/i;;;1D2,2D3;. The van der Waals surface area contributed by atoms with E-state index in [0.29, 0.717) is 0 Å². The fourth-order valence-corrected chi connectivity index (χ4v) is 30.4. The minimum absolute atomic E-state index is 0. The number of hydrogen-bond donors (Lipinski definition) is 2. The molecule has 0 aromatic carbocycles. The topological polar surface area (TPSA) is 64.3 Å². The Labute approximate surface area is 313 Å². The van der Waals surface area contributed by atoms with E-state index in [4.69, 9.17) is 12.3 Å². The second-order valence-electron chi connectivity index (χ2n) is 22.4. The summed E-state index contributed by atoms with van der Waals surface area (Å²) in [7, 11) is -6.81. The third kappa shape index (κ3) is 12.5. The Morgan fingerprint density at radius 2 is 0.511 bits per heavy atom. The van der Waals surface area contributed by atoms with Crippen molar-refractivity contribution in [2.45, 2.75) is 239 Å². The Morgan fingerprint density at radius 3 is 0.511 bits per heavy atom. The van der Waals surface area contributed by atoms with Crippen LogP contribution in [0.4, 0.5) is 0 Å². The van der Waals surface area contributed by atoms with Crippen molar-refractivity contribution in [3.8, 4) is 0 Å². The zero-order valence-corrected chi connectivity index (χ0v) is 40.5. The minimum Gasteiger partial charge on any atom is -0.678 e. The van der Waals surface area contributed by atoms with E-state index in [1.807, 2.05) is 0 Å². The van der Waals surface area contributed by atoms with Gasteiger partial charge in [-0.3, -0.25) is 0 Å². The molecule has 45 heavy (non-hydrogen) atoms. The van der Waals surface area contributed by atoms with E-state index in [1.54, 1.807) is 0 Å². The molecule has 0 aliphatic rings. The Balaban J connectivity index is -0.000000183. The third-order valence-electron chi connectivity index (χ3n) is 9.89. The van der Waals surface area contributed by atoms with Crippen LogP contribution in [-0.4, -0.2) is 34.5 Å². The molecule has 0 spiro atoms. The van der Waals surface area contributed by atoms with Crippen LogP contribution in [0.15, 0.2) is 0 Å². The Morgan fingerprint density at radius 1 is 0.400 bits per heavy atom. The van der Waals surface area contributed by atoms with Gasteiger partial charge in [-0.2, -0.15) is 6.85 Å². The van der Waals surface area contributed by atoms with Crippen molar-refractivity contribution >= 4 is 24.9 Å². The summed E-state index contributed by atoms with van der Waals surface area (Å²) in [5, 5.41) is 9.50. The van der Waals surface area contributed by atoms with Crippen molar-refractivity contribution in [3.05, 3.63) is 12.3 Å². The van der Waals surface area contributed by atoms with Crippen LogP contribution in [-0.2, 0) is 21.7 Å². The van der Waals surface area contributed by atoms with Crippen molar-refractivity contribution in [2.75, 3.05) is 0 Å². The zero-order chi connectivity index (χ0) is 42.1. The first kappa shape index (κ1) is 44.3. The predicted octanol–water partition coefficient (Wildman–Crippen LogP) is 14.9. The van der Waals surface area contributed by atoms with Gasteiger partial charge in [0.05, 0.1) is 0 Å². The maximum absolute atomic E-state index is 11.2. The first-order chi connectivity index (χ1) is 20.2. The summed E-state index contributed by atoms with van der Waals surface area (Å²) in [6.07, 6.45) is 0. The van der Waals surface area contributed by atoms with Crippen molar-refractivity contribution in [2.24, 2.45) is 0 Å². The van der Waals surface area contributed by atoms with E-state index in [-0.39, 0.29) is 67.1 Å². The van der Waals surface area contributed by atoms with Crippen LogP contribution in [0, 0.1) is 6.88 Å². The molecule has 7 heteroatoms. The zero-order valence-electron chi connectivity index (χ0n) is 40.9. The molecule has 0 aliphatic heterocycles. The summed E-state index contributed by atoms with van der Waals surface area (Å²) >= 11 is 0. The molecular weight excluding hydrogens is 635 g/mol. The molecular formula is C38H89NO2Si3Ti. The fraction of sp³-hybridized carbons (Fsp3) is 0.974. The molecule has 0 fully saturated rings. The van der Waals surface area contributed by atoms with Gasteiger partial charge in [-0.25, -0.2) is 2.74 Å². The van der Waals surface area contributed by atoms with Crippen LogP contribution in [0.25, 0.3) is 5.40 Å². The van der Waals surface area contributed by atoms with Gasteiger partial charge in [0.25, 0.3) is 0 Å².